The fourth-order valence-electron chi connectivity index (χ4n) is 1.62. The number of H-pyrrole nitrogens is 1. The van der Waals surface area contributed by atoms with E-state index in [1.54, 1.807) is 0 Å². The smallest absolute Gasteiger partial charge is 0.291 e. The number of nitrogens with one attached hydrogen (secondary N) is 2. The Kier molecular flexibility index (Phi) is 2.94. The number of hydrogen-bond donors (Lipinski definition) is 2. The van der Waals surface area contributed by atoms with Crippen molar-refractivity contribution in [2.45, 2.75) is 45.6 Å². The first-order chi connectivity index (χ1) is 7.58. The molecule has 1 fully saturated rings. The van der Waals surface area contributed by atoms with Crippen molar-refractivity contribution in [1.82, 2.24) is 20.5 Å². The standard InChI is InChI=1S/C11H18N4O/c1-6(2)9-13-10(15-14-9)11(16)12-7(3)8-4-5-8/h6-8H,4-5H2,1-3H3,(H,12,16)(H,13,14,15). The SMILES string of the molecule is CC(C)c1nc(C(=O)NC(C)C2CC2)n[nH]1. The summed E-state index contributed by atoms with van der Waals surface area (Å²) in [5.74, 6) is 1.73. The fraction of sp³-hybridized carbons (Fsp3) is 0.727. The molecule has 0 bridgehead atoms. The molecule has 2 rings (SSSR count). The van der Waals surface area contributed by atoms with E-state index >= 15 is 0 Å². The maximum absolute atomic E-state index is 11.8. The molecule has 16 heavy (non-hydrogen) atoms. The van der Waals surface area contributed by atoms with Crippen LogP contribution in [-0.2, 0) is 0 Å². The maximum Gasteiger partial charge on any atom is 0.291 e. The minimum atomic E-state index is -0.178. The van der Waals surface area contributed by atoms with Crippen molar-refractivity contribution in [2.75, 3.05) is 0 Å². The average Bonchev–Trinajstić information content (AvgIpc) is 2.95. The number of rotatable bonds is 4. The van der Waals surface area contributed by atoms with Gasteiger partial charge in [0.15, 0.2) is 0 Å². The van der Waals surface area contributed by atoms with Gasteiger partial charge in [-0.3, -0.25) is 9.89 Å². The first-order valence-corrected chi connectivity index (χ1v) is 5.81. The summed E-state index contributed by atoms with van der Waals surface area (Å²) in [7, 11) is 0. The van der Waals surface area contributed by atoms with Gasteiger partial charge in [0, 0.05) is 12.0 Å². The van der Waals surface area contributed by atoms with Gasteiger partial charge in [-0.15, -0.1) is 5.10 Å². The molecule has 0 aromatic carbocycles. The molecule has 1 heterocycles. The van der Waals surface area contributed by atoms with Gasteiger partial charge in [0.25, 0.3) is 5.91 Å². The lowest BCUT2D eigenvalue weighted by molar-refractivity contribution is 0.0925. The topological polar surface area (TPSA) is 70.7 Å². The highest BCUT2D eigenvalue weighted by Gasteiger charge is 2.29. The molecular formula is C11H18N4O. The number of carbonyl (C=O) groups excluding carboxylic acids is 1. The Morgan fingerprint density at radius 1 is 1.44 bits per heavy atom. The van der Waals surface area contributed by atoms with Crippen LogP contribution in [0.2, 0.25) is 0 Å². The first kappa shape index (κ1) is 11.1. The van der Waals surface area contributed by atoms with Crippen LogP contribution >= 0.6 is 0 Å². The zero-order valence-electron chi connectivity index (χ0n) is 9.95. The molecule has 0 aliphatic heterocycles. The second kappa shape index (κ2) is 4.23. The van der Waals surface area contributed by atoms with Gasteiger partial charge < -0.3 is 5.32 Å². The van der Waals surface area contributed by atoms with E-state index in [-0.39, 0.29) is 23.7 Å². The molecule has 1 saturated carbocycles. The van der Waals surface area contributed by atoms with Crippen molar-refractivity contribution >= 4 is 5.91 Å². The average molecular weight is 222 g/mol. The zero-order chi connectivity index (χ0) is 11.7. The van der Waals surface area contributed by atoms with Crippen LogP contribution in [0.5, 0.6) is 0 Å². The Balaban J connectivity index is 1.97. The number of aromatic amines is 1. The predicted octanol–water partition coefficient (Wildman–Crippen LogP) is 1.46. The summed E-state index contributed by atoms with van der Waals surface area (Å²) in [6.45, 7) is 6.05. The summed E-state index contributed by atoms with van der Waals surface area (Å²) in [6, 6.07) is 0.230. The molecule has 5 heteroatoms. The van der Waals surface area contributed by atoms with Crippen molar-refractivity contribution in [3.05, 3.63) is 11.6 Å². The van der Waals surface area contributed by atoms with E-state index in [2.05, 4.69) is 20.5 Å². The molecule has 1 atom stereocenters. The Morgan fingerprint density at radius 2 is 2.12 bits per heavy atom. The summed E-state index contributed by atoms with van der Waals surface area (Å²) in [5.41, 5.74) is 0. The number of nitrogens with zero attached hydrogens (tertiary/aromatic N) is 2. The zero-order valence-corrected chi connectivity index (χ0v) is 9.95. The normalized spacial score (nSPS) is 17.5. The van der Waals surface area contributed by atoms with Gasteiger partial charge in [-0.25, -0.2) is 4.98 Å². The Labute approximate surface area is 95.0 Å². The lowest BCUT2D eigenvalue weighted by Crippen LogP contribution is -2.34. The quantitative estimate of drug-likeness (QED) is 0.810. The highest BCUT2D eigenvalue weighted by molar-refractivity contribution is 5.90. The molecule has 0 radical (unpaired) electrons. The lowest BCUT2D eigenvalue weighted by atomic mass is 10.2. The van der Waals surface area contributed by atoms with Gasteiger partial charge >= 0.3 is 0 Å². The molecule has 1 aliphatic rings. The van der Waals surface area contributed by atoms with Gasteiger partial charge in [0.1, 0.15) is 5.82 Å². The van der Waals surface area contributed by atoms with E-state index in [4.69, 9.17) is 0 Å². The molecule has 5 nitrogen and oxygen atoms in total. The predicted molar refractivity (Wildman–Crippen MR) is 60.1 cm³/mol. The van der Waals surface area contributed by atoms with Crippen molar-refractivity contribution in [2.24, 2.45) is 5.92 Å². The van der Waals surface area contributed by atoms with Crippen LogP contribution in [0.25, 0.3) is 0 Å². The van der Waals surface area contributed by atoms with Crippen LogP contribution in [0.1, 0.15) is 56.0 Å². The van der Waals surface area contributed by atoms with Crippen LogP contribution < -0.4 is 5.32 Å². The van der Waals surface area contributed by atoms with Crippen molar-refractivity contribution in [3.63, 3.8) is 0 Å². The lowest BCUT2D eigenvalue weighted by Gasteiger charge is -2.10. The Morgan fingerprint density at radius 3 is 2.62 bits per heavy atom. The molecule has 1 unspecified atom stereocenters. The number of carbonyl (C=O) groups is 1. The van der Waals surface area contributed by atoms with E-state index in [0.717, 1.165) is 5.82 Å². The summed E-state index contributed by atoms with van der Waals surface area (Å²) in [4.78, 5) is 15.9. The van der Waals surface area contributed by atoms with Gasteiger partial charge in [0.2, 0.25) is 5.82 Å². The molecule has 1 aliphatic carbocycles. The van der Waals surface area contributed by atoms with E-state index < -0.39 is 0 Å². The molecule has 2 N–H and O–H groups in total. The van der Waals surface area contributed by atoms with E-state index in [1.807, 2.05) is 20.8 Å². The summed E-state index contributed by atoms with van der Waals surface area (Å²) in [5, 5.41) is 9.63. The molecule has 1 amide bonds. The maximum atomic E-state index is 11.8. The third-order valence-corrected chi connectivity index (χ3v) is 2.94. The number of aromatic nitrogens is 3. The van der Waals surface area contributed by atoms with Gasteiger partial charge in [-0.1, -0.05) is 13.8 Å². The van der Waals surface area contributed by atoms with Crippen molar-refractivity contribution in [1.29, 1.82) is 0 Å². The van der Waals surface area contributed by atoms with Gasteiger partial charge in [-0.05, 0) is 25.7 Å². The summed E-state index contributed by atoms with van der Waals surface area (Å²) < 4.78 is 0. The minimum absolute atomic E-state index is 0.178. The second-order valence-electron chi connectivity index (χ2n) is 4.80. The molecule has 0 saturated heterocycles. The molecule has 0 spiro atoms. The van der Waals surface area contributed by atoms with Crippen LogP contribution in [-0.4, -0.2) is 27.1 Å². The van der Waals surface area contributed by atoms with Crippen LogP contribution in [0.15, 0.2) is 0 Å². The summed E-state index contributed by atoms with van der Waals surface area (Å²) >= 11 is 0. The van der Waals surface area contributed by atoms with Gasteiger partial charge in [-0.2, -0.15) is 0 Å². The Hall–Kier alpha value is -1.39. The third kappa shape index (κ3) is 2.40. The molecular weight excluding hydrogens is 204 g/mol. The van der Waals surface area contributed by atoms with Crippen LogP contribution in [0, 0.1) is 5.92 Å². The fourth-order valence-corrected chi connectivity index (χ4v) is 1.62. The van der Waals surface area contributed by atoms with E-state index in [1.165, 1.54) is 12.8 Å². The first-order valence-electron chi connectivity index (χ1n) is 5.81. The molecule has 1 aromatic rings. The van der Waals surface area contributed by atoms with Crippen molar-refractivity contribution < 1.29 is 4.79 Å². The van der Waals surface area contributed by atoms with Crippen molar-refractivity contribution in [3.8, 4) is 0 Å². The largest absolute Gasteiger partial charge is 0.347 e. The van der Waals surface area contributed by atoms with E-state index in [9.17, 15) is 4.79 Å². The third-order valence-electron chi connectivity index (χ3n) is 2.94. The van der Waals surface area contributed by atoms with E-state index in [0.29, 0.717) is 5.92 Å². The monoisotopic (exact) mass is 222 g/mol. The number of hydrogen-bond acceptors (Lipinski definition) is 3. The van der Waals surface area contributed by atoms with Crippen LogP contribution in [0.3, 0.4) is 0 Å². The van der Waals surface area contributed by atoms with Crippen LogP contribution in [0.4, 0.5) is 0 Å². The van der Waals surface area contributed by atoms with Gasteiger partial charge in [0.05, 0.1) is 0 Å². The minimum Gasteiger partial charge on any atom is -0.347 e. The summed E-state index contributed by atoms with van der Waals surface area (Å²) in [6.07, 6.45) is 2.43. The second-order valence-corrected chi connectivity index (χ2v) is 4.80. The highest BCUT2D eigenvalue weighted by atomic mass is 16.2. The number of amides is 1. The Bertz CT molecular complexity index is 381. The highest BCUT2D eigenvalue weighted by Crippen LogP contribution is 2.32. The molecule has 88 valence electrons. The molecule has 1 aromatic heterocycles.